The number of rotatable bonds is 4. The van der Waals surface area contributed by atoms with E-state index in [1.807, 2.05) is 4.90 Å². The van der Waals surface area contributed by atoms with Crippen LogP contribution in [0.1, 0.15) is 18.9 Å². The first-order chi connectivity index (χ1) is 12.8. The second-order valence-corrected chi connectivity index (χ2v) is 6.97. The summed E-state index contributed by atoms with van der Waals surface area (Å²) in [6.07, 6.45) is -2.28. The minimum absolute atomic E-state index is 0.0159. The highest BCUT2D eigenvalue weighted by atomic mass is 19.4. The Morgan fingerprint density at radius 3 is 2.81 bits per heavy atom. The van der Waals surface area contributed by atoms with Gasteiger partial charge in [-0.05, 0) is 36.6 Å². The minimum Gasteiger partial charge on any atom is -0.375 e. The van der Waals surface area contributed by atoms with Crippen molar-refractivity contribution in [3.8, 4) is 0 Å². The number of nitrogens with one attached hydrogen (secondary N) is 1. The third kappa shape index (κ3) is 4.32. The van der Waals surface area contributed by atoms with Gasteiger partial charge in [0.25, 0.3) is 0 Å². The fourth-order valence-electron chi connectivity index (χ4n) is 3.72. The van der Waals surface area contributed by atoms with Gasteiger partial charge in [-0.3, -0.25) is 9.78 Å². The third-order valence-corrected chi connectivity index (χ3v) is 4.69. The van der Waals surface area contributed by atoms with Crippen LogP contribution >= 0.6 is 0 Å². The van der Waals surface area contributed by atoms with E-state index in [0.717, 1.165) is 12.5 Å². The summed E-state index contributed by atoms with van der Waals surface area (Å²) < 4.78 is 44.8. The predicted octanol–water partition coefficient (Wildman–Crippen LogP) is 3.23. The smallest absolute Gasteiger partial charge is 0.375 e. The van der Waals surface area contributed by atoms with Crippen molar-refractivity contribution < 1.29 is 22.7 Å². The fourth-order valence-corrected chi connectivity index (χ4v) is 3.72. The Morgan fingerprint density at radius 1 is 1.33 bits per heavy atom. The molecule has 1 aromatic carbocycles. The van der Waals surface area contributed by atoms with Crippen molar-refractivity contribution in [2.24, 2.45) is 5.92 Å². The van der Waals surface area contributed by atoms with Crippen molar-refractivity contribution >= 4 is 22.5 Å². The predicted molar refractivity (Wildman–Crippen MR) is 96.5 cm³/mol. The largest absolute Gasteiger partial charge is 0.418 e. The lowest BCUT2D eigenvalue weighted by molar-refractivity contribution is -0.136. The van der Waals surface area contributed by atoms with Crippen molar-refractivity contribution in [3.05, 3.63) is 36.0 Å². The van der Waals surface area contributed by atoms with Gasteiger partial charge in [0.1, 0.15) is 6.61 Å². The average molecular weight is 381 g/mol. The van der Waals surface area contributed by atoms with E-state index in [0.29, 0.717) is 24.2 Å². The maximum atomic E-state index is 13.3. The minimum atomic E-state index is -4.46. The molecular formula is C19H22F3N3O2. The molecule has 0 radical (unpaired) electrons. The Morgan fingerprint density at radius 2 is 2.11 bits per heavy atom. The third-order valence-electron chi connectivity index (χ3n) is 4.69. The number of hydrogen-bond acceptors (Lipinski definition) is 4. The van der Waals surface area contributed by atoms with E-state index in [1.165, 1.54) is 19.4 Å². The van der Waals surface area contributed by atoms with Crippen LogP contribution in [0, 0.1) is 5.92 Å². The molecule has 0 saturated carbocycles. The van der Waals surface area contributed by atoms with Gasteiger partial charge >= 0.3 is 6.18 Å². The number of hydrogen-bond donors (Lipinski definition) is 1. The van der Waals surface area contributed by atoms with Crippen molar-refractivity contribution in [2.45, 2.75) is 25.6 Å². The van der Waals surface area contributed by atoms with E-state index >= 15 is 0 Å². The lowest BCUT2D eigenvalue weighted by Gasteiger charge is -2.38. The quantitative estimate of drug-likeness (QED) is 0.884. The summed E-state index contributed by atoms with van der Waals surface area (Å²) in [7, 11) is 1.46. The van der Waals surface area contributed by atoms with E-state index in [2.05, 4.69) is 17.2 Å². The molecule has 146 valence electrons. The molecule has 27 heavy (non-hydrogen) atoms. The van der Waals surface area contributed by atoms with Crippen LogP contribution in [0.15, 0.2) is 30.5 Å². The van der Waals surface area contributed by atoms with Crippen LogP contribution in [0.2, 0.25) is 0 Å². The lowest BCUT2D eigenvalue weighted by Crippen LogP contribution is -2.51. The summed E-state index contributed by atoms with van der Waals surface area (Å²) in [6.45, 7) is 3.27. The van der Waals surface area contributed by atoms with E-state index in [9.17, 15) is 18.0 Å². The van der Waals surface area contributed by atoms with Crippen molar-refractivity contribution in [2.75, 3.05) is 31.7 Å². The zero-order valence-corrected chi connectivity index (χ0v) is 15.2. The van der Waals surface area contributed by atoms with Crippen LogP contribution < -0.4 is 10.2 Å². The molecule has 1 aliphatic heterocycles. The summed E-state index contributed by atoms with van der Waals surface area (Å²) in [5.74, 6) is 0.0797. The standard InChI is InChI=1S/C19H22F3N3O2/c1-12-8-13(24-17(26)11-27-2)10-25(9-12)16-6-5-15(19(20,21)22)18-14(16)4-3-7-23-18/h3-7,12-13H,8-11H2,1-2H3,(H,24,26)/t12-,13+/m0/s1. The SMILES string of the molecule is COCC(=O)N[C@@H]1C[C@H](C)CN(c2ccc(C(F)(F)F)c3ncccc23)C1. The molecule has 0 bridgehead atoms. The molecule has 3 rings (SSSR count). The first-order valence-electron chi connectivity index (χ1n) is 8.77. The van der Waals surface area contributed by atoms with Crippen LogP contribution in [0.25, 0.3) is 10.9 Å². The average Bonchev–Trinajstić information content (AvgIpc) is 2.59. The number of halogens is 3. The number of carbonyl (C=O) groups is 1. The highest BCUT2D eigenvalue weighted by Gasteiger charge is 2.34. The van der Waals surface area contributed by atoms with Gasteiger partial charge < -0.3 is 15.0 Å². The molecular weight excluding hydrogens is 359 g/mol. The van der Waals surface area contributed by atoms with Crippen molar-refractivity contribution in [1.29, 1.82) is 0 Å². The Kier molecular flexibility index (Phi) is 5.55. The number of piperidine rings is 1. The molecule has 1 fully saturated rings. The van der Waals surface area contributed by atoms with Gasteiger partial charge in [-0.15, -0.1) is 0 Å². The molecule has 0 aliphatic carbocycles. The van der Waals surface area contributed by atoms with E-state index in [4.69, 9.17) is 4.74 Å². The number of carbonyl (C=O) groups excluding carboxylic acids is 1. The Hall–Kier alpha value is -2.35. The number of alkyl halides is 3. The molecule has 1 saturated heterocycles. The molecule has 2 heterocycles. The monoisotopic (exact) mass is 381 g/mol. The van der Waals surface area contributed by atoms with Gasteiger partial charge in [-0.2, -0.15) is 13.2 Å². The number of aromatic nitrogens is 1. The summed E-state index contributed by atoms with van der Waals surface area (Å²) in [4.78, 5) is 17.8. The van der Waals surface area contributed by atoms with Gasteiger partial charge in [-0.25, -0.2) is 0 Å². The molecule has 1 N–H and O–H groups in total. The molecule has 2 aromatic rings. The maximum absolute atomic E-state index is 13.3. The van der Waals surface area contributed by atoms with Crippen LogP contribution in [0.3, 0.4) is 0 Å². The van der Waals surface area contributed by atoms with Crippen molar-refractivity contribution in [1.82, 2.24) is 10.3 Å². The maximum Gasteiger partial charge on any atom is 0.418 e. The Balaban J connectivity index is 1.93. The molecule has 0 unspecified atom stereocenters. The Bertz CT molecular complexity index is 825. The number of anilines is 1. The summed E-state index contributed by atoms with van der Waals surface area (Å²) in [6, 6.07) is 5.79. The van der Waals surface area contributed by atoms with Crippen LogP contribution in [0.5, 0.6) is 0 Å². The van der Waals surface area contributed by atoms with Gasteiger partial charge in [-0.1, -0.05) is 6.92 Å². The van der Waals surface area contributed by atoms with Crippen molar-refractivity contribution in [3.63, 3.8) is 0 Å². The summed E-state index contributed by atoms with van der Waals surface area (Å²) in [5, 5.41) is 3.39. The zero-order chi connectivity index (χ0) is 19.6. The topological polar surface area (TPSA) is 54.5 Å². The second-order valence-electron chi connectivity index (χ2n) is 6.97. The number of pyridine rings is 1. The molecule has 1 aromatic heterocycles. The summed E-state index contributed by atoms with van der Waals surface area (Å²) >= 11 is 0. The first kappa shape index (κ1) is 19.4. The number of nitrogens with zero attached hydrogens (tertiary/aromatic N) is 2. The molecule has 5 nitrogen and oxygen atoms in total. The van der Waals surface area contributed by atoms with E-state index in [-0.39, 0.29) is 30.0 Å². The zero-order valence-electron chi connectivity index (χ0n) is 15.2. The van der Waals surface area contributed by atoms with E-state index < -0.39 is 11.7 Å². The fraction of sp³-hybridized carbons (Fsp3) is 0.474. The van der Waals surface area contributed by atoms with Crippen LogP contribution in [0.4, 0.5) is 18.9 Å². The number of fused-ring (bicyclic) bond motifs is 1. The molecule has 1 amide bonds. The number of methoxy groups -OCH3 is 1. The normalized spacial score (nSPS) is 20.7. The highest BCUT2D eigenvalue weighted by Crippen LogP contribution is 2.38. The van der Waals surface area contributed by atoms with E-state index in [1.54, 1.807) is 12.1 Å². The van der Waals surface area contributed by atoms with Gasteiger partial charge in [0, 0.05) is 43.5 Å². The first-order valence-corrected chi connectivity index (χ1v) is 8.77. The number of ether oxygens (including phenoxy) is 1. The lowest BCUT2D eigenvalue weighted by atomic mass is 9.94. The molecule has 8 heteroatoms. The number of benzene rings is 1. The molecule has 2 atom stereocenters. The van der Waals surface area contributed by atoms with Gasteiger partial charge in [0.2, 0.25) is 5.91 Å². The van der Waals surface area contributed by atoms with Crippen LogP contribution in [-0.4, -0.2) is 43.7 Å². The molecule has 0 spiro atoms. The van der Waals surface area contributed by atoms with Crippen LogP contribution in [-0.2, 0) is 15.7 Å². The van der Waals surface area contributed by atoms with Gasteiger partial charge in [0.15, 0.2) is 0 Å². The Labute approximate surface area is 155 Å². The highest BCUT2D eigenvalue weighted by molar-refractivity contribution is 5.94. The number of amides is 1. The second kappa shape index (κ2) is 7.72. The summed E-state index contributed by atoms with van der Waals surface area (Å²) in [5.41, 5.74) is -0.0961. The van der Waals surface area contributed by atoms with Gasteiger partial charge in [0.05, 0.1) is 11.1 Å². The molecule has 1 aliphatic rings.